The second-order valence-corrected chi connectivity index (χ2v) is 5.51. The standard InChI is InChI=1S/C19H16O6/c1-21-17-8-12(9-18-19(17)25-11-24-18)2-4-14(20)13-3-5-15-16(10-13)23-7-6-22-15/h2-5,8-10H,6-7,11H2,1H3. The van der Waals surface area contributed by atoms with Crippen molar-refractivity contribution in [3.8, 4) is 28.7 Å². The average molecular weight is 340 g/mol. The van der Waals surface area contributed by atoms with Crippen LogP contribution in [-0.2, 0) is 0 Å². The van der Waals surface area contributed by atoms with Gasteiger partial charge in [-0.3, -0.25) is 4.79 Å². The third-order valence-electron chi connectivity index (χ3n) is 3.93. The van der Waals surface area contributed by atoms with Gasteiger partial charge in [-0.1, -0.05) is 6.08 Å². The molecule has 6 nitrogen and oxygen atoms in total. The fourth-order valence-electron chi connectivity index (χ4n) is 2.71. The average Bonchev–Trinajstić information content (AvgIpc) is 3.13. The summed E-state index contributed by atoms with van der Waals surface area (Å²) >= 11 is 0. The van der Waals surface area contributed by atoms with Crippen LogP contribution in [0.4, 0.5) is 0 Å². The molecule has 0 amide bonds. The lowest BCUT2D eigenvalue weighted by Gasteiger charge is -2.18. The molecule has 0 saturated carbocycles. The Labute approximate surface area is 144 Å². The summed E-state index contributed by atoms with van der Waals surface area (Å²) in [5, 5.41) is 0. The third-order valence-corrected chi connectivity index (χ3v) is 3.93. The van der Waals surface area contributed by atoms with E-state index in [0.29, 0.717) is 47.5 Å². The number of carbonyl (C=O) groups is 1. The van der Waals surface area contributed by atoms with Crippen LogP contribution in [0.5, 0.6) is 28.7 Å². The zero-order chi connectivity index (χ0) is 17.2. The molecular formula is C19H16O6. The Kier molecular flexibility index (Phi) is 3.93. The van der Waals surface area contributed by atoms with Crippen LogP contribution < -0.4 is 23.7 Å². The minimum atomic E-state index is -0.131. The molecule has 0 unspecified atom stereocenters. The van der Waals surface area contributed by atoms with Crippen molar-refractivity contribution in [1.82, 2.24) is 0 Å². The van der Waals surface area contributed by atoms with Gasteiger partial charge in [0.25, 0.3) is 0 Å². The smallest absolute Gasteiger partial charge is 0.231 e. The lowest BCUT2D eigenvalue weighted by atomic mass is 10.1. The maximum absolute atomic E-state index is 12.4. The van der Waals surface area contributed by atoms with E-state index in [-0.39, 0.29) is 12.6 Å². The molecule has 25 heavy (non-hydrogen) atoms. The predicted molar refractivity (Wildman–Crippen MR) is 89.9 cm³/mol. The summed E-state index contributed by atoms with van der Waals surface area (Å²) in [5.74, 6) is 2.88. The van der Waals surface area contributed by atoms with Crippen molar-refractivity contribution in [1.29, 1.82) is 0 Å². The van der Waals surface area contributed by atoms with Gasteiger partial charge in [-0.15, -0.1) is 0 Å². The van der Waals surface area contributed by atoms with E-state index in [9.17, 15) is 4.79 Å². The van der Waals surface area contributed by atoms with Gasteiger partial charge in [0, 0.05) is 5.56 Å². The number of hydrogen-bond donors (Lipinski definition) is 0. The molecule has 0 atom stereocenters. The first-order valence-electron chi connectivity index (χ1n) is 7.84. The maximum atomic E-state index is 12.4. The van der Waals surface area contributed by atoms with Gasteiger partial charge in [0.15, 0.2) is 28.8 Å². The van der Waals surface area contributed by atoms with Gasteiger partial charge >= 0.3 is 0 Å². The number of methoxy groups -OCH3 is 1. The highest BCUT2D eigenvalue weighted by Gasteiger charge is 2.19. The fraction of sp³-hybridized carbons (Fsp3) is 0.211. The minimum Gasteiger partial charge on any atom is -0.493 e. The largest absolute Gasteiger partial charge is 0.493 e. The molecule has 2 aliphatic rings. The summed E-state index contributed by atoms with van der Waals surface area (Å²) in [4.78, 5) is 12.4. The van der Waals surface area contributed by atoms with Gasteiger partial charge in [-0.25, -0.2) is 0 Å². The van der Waals surface area contributed by atoms with E-state index in [4.69, 9.17) is 23.7 Å². The molecule has 0 spiro atoms. The van der Waals surface area contributed by atoms with Gasteiger partial charge in [0.2, 0.25) is 12.5 Å². The number of allylic oxidation sites excluding steroid dienone is 1. The Bertz CT molecular complexity index is 855. The molecule has 4 rings (SSSR count). The number of carbonyl (C=O) groups excluding carboxylic acids is 1. The highest BCUT2D eigenvalue weighted by molar-refractivity contribution is 6.07. The molecule has 2 aromatic carbocycles. The molecule has 128 valence electrons. The molecule has 2 heterocycles. The second-order valence-electron chi connectivity index (χ2n) is 5.51. The molecule has 2 aliphatic heterocycles. The lowest BCUT2D eigenvalue weighted by molar-refractivity contribution is 0.104. The van der Waals surface area contributed by atoms with Crippen molar-refractivity contribution in [2.24, 2.45) is 0 Å². The van der Waals surface area contributed by atoms with Crippen molar-refractivity contribution in [3.63, 3.8) is 0 Å². The monoisotopic (exact) mass is 340 g/mol. The molecule has 0 radical (unpaired) electrons. The topological polar surface area (TPSA) is 63.2 Å². The SMILES string of the molecule is COc1cc(C=CC(=O)c2ccc3c(c2)OCCO3)cc2c1OCO2. The van der Waals surface area contributed by atoms with Crippen LogP contribution in [0.3, 0.4) is 0 Å². The molecule has 0 N–H and O–H groups in total. The van der Waals surface area contributed by atoms with Crippen molar-refractivity contribution in [2.75, 3.05) is 27.1 Å². The number of ether oxygens (including phenoxy) is 5. The van der Waals surface area contributed by atoms with E-state index in [1.807, 2.05) is 0 Å². The maximum Gasteiger partial charge on any atom is 0.231 e. The zero-order valence-corrected chi connectivity index (χ0v) is 13.6. The summed E-state index contributed by atoms with van der Waals surface area (Å²) in [6.45, 7) is 1.17. The zero-order valence-electron chi connectivity index (χ0n) is 13.6. The minimum absolute atomic E-state index is 0.131. The summed E-state index contributed by atoms with van der Waals surface area (Å²) in [7, 11) is 1.56. The highest BCUT2D eigenvalue weighted by atomic mass is 16.7. The molecule has 6 heteroatoms. The Morgan fingerprint density at radius 1 is 1.00 bits per heavy atom. The Morgan fingerprint density at radius 3 is 2.68 bits per heavy atom. The second kappa shape index (κ2) is 6.39. The molecule has 2 aromatic rings. The van der Waals surface area contributed by atoms with Gasteiger partial charge in [0.1, 0.15) is 13.2 Å². The van der Waals surface area contributed by atoms with Crippen LogP contribution in [0.15, 0.2) is 36.4 Å². The molecule has 0 saturated heterocycles. The predicted octanol–water partition coefficient (Wildman–Crippen LogP) is 3.09. The molecule has 0 bridgehead atoms. The van der Waals surface area contributed by atoms with Crippen molar-refractivity contribution < 1.29 is 28.5 Å². The lowest BCUT2D eigenvalue weighted by Crippen LogP contribution is -2.15. The van der Waals surface area contributed by atoms with Gasteiger partial charge in [-0.05, 0) is 42.0 Å². The third kappa shape index (κ3) is 2.98. The first-order valence-corrected chi connectivity index (χ1v) is 7.84. The Balaban J connectivity index is 1.57. The molecule has 0 aliphatic carbocycles. The fourth-order valence-corrected chi connectivity index (χ4v) is 2.71. The van der Waals surface area contributed by atoms with Crippen LogP contribution in [0, 0.1) is 0 Å². The van der Waals surface area contributed by atoms with E-state index in [1.165, 1.54) is 6.08 Å². The normalized spacial score (nSPS) is 14.6. The van der Waals surface area contributed by atoms with Crippen LogP contribution in [-0.4, -0.2) is 32.9 Å². The summed E-state index contributed by atoms with van der Waals surface area (Å²) in [6.07, 6.45) is 3.21. The summed E-state index contributed by atoms with van der Waals surface area (Å²) in [5.41, 5.74) is 1.32. The van der Waals surface area contributed by atoms with E-state index in [1.54, 1.807) is 43.5 Å². The van der Waals surface area contributed by atoms with E-state index in [0.717, 1.165) is 5.56 Å². The van der Waals surface area contributed by atoms with E-state index >= 15 is 0 Å². The number of ketones is 1. The van der Waals surface area contributed by atoms with Crippen LogP contribution in [0.2, 0.25) is 0 Å². The first-order chi connectivity index (χ1) is 12.2. The Hall–Kier alpha value is -3.15. The van der Waals surface area contributed by atoms with Gasteiger partial charge in [0.05, 0.1) is 7.11 Å². The number of hydrogen-bond acceptors (Lipinski definition) is 6. The van der Waals surface area contributed by atoms with Crippen molar-refractivity contribution in [2.45, 2.75) is 0 Å². The van der Waals surface area contributed by atoms with Crippen molar-refractivity contribution in [3.05, 3.63) is 47.5 Å². The van der Waals surface area contributed by atoms with Crippen LogP contribution >= 0.6 is 0 Å². The highest BCUT2D eigenvalue weighted by Crippen LogP contribution is 2.42. The van der Waals surface area contributed by atoms with Crippen LogP contribution in [0.1, 0.15) is 15.9 Å². The first kappa shape index (κ1) is 15.4. The van der Waals surface area contributed by atoms with Crippen molar-refractivity contribution >= 4 is 11.9 Å². The van der Waals surface area contributed by atoms with Gasteiger partial charge in [-0.2, -0.15) is 0 Å². The van der Waals surface area contributed by atoms with E-state index in [2.05, 4.69) is 0 Å². The molecule has 0 fully saturated rings. The summed E-state index contributed by atoms with van der Waals surface area (Å²) in [6, 6.07) is 8.76. The quantitative estimate of drug-likeness (QED) is 0.629. The van der Waals surface area contributed by atoms with E-state index < -0.39 is 0 Å². The molecule has 0 aromatic heterocycles. The number of rotatable bonds is 4. The van der Waals surface area contributed by atoms with Crippen LogP contribution in [0.25, 0.3) is 6.08 Å². The number of fused-ring (bicyclic) bond motifs is 2. The molecular weight excluding hydrogens is 324 g/mol. The Morgan fingerprint density at radius 2 is 1.84 bits per heavy atom. The summed E-state index contributed by atoms with van der Waals surface area (Å²) < 4.78 is 27.0. The number of benzene rings is 2. The van der Waals surface area contributed by atoms with Gasteiger partial charge < -0.3 is 23.7 Å².